The largest absolute Gasteiger partial charge is 0.328 e. The summed E-state index contributed by atoms with van der Waals surface area (Å²) in [6.07, 6.45) is 0. The maximum atomic E-state index is 11.9. The summed E-state index contributed by atoms with van der Waals surface area (Å²) in [6, 6.07) is 9.58. The van der Waals surface area contributed by atoms with Gasteiger partial charge >= 0.3 is 6.03 Å². The zero-order valence-corrected chi connectivity index (χ0v) is 10.9. The van der Waals surface area contributed by atoms with E-state index in [0.717, 1.165) is 22.3 Å². The van der Waals surface area contributed by atoms with Crippen LogP contribution in [0.15, 0.2) is 30.3 Å². The van der Waals surface area contributed by atoms with Gasteiger partial charge in [0.15, 0.2) is 0 Å². The van der Waals surface area contributed by atoms with Crippen LogP contribution in [0.5, 0.6) is 0 Å². The highest BCUT2D eigenvalue weighted by Gasteiger charge is 2.09. The topological polar surface area (TPSA) is 45.2 Å². The molecule has 0 fully saturated rings. The van der Waals surface area contributed by atoms with E-state index in [0.29, 0.717) is 6.54 Å². The summed E-state index contributed by atoms with van der Waals surface area (Å²) < 4.78 is 0. The molecule has 0 saturated heterocycles. The van der Waals surface area contributed by atoms with Gasteiger partial charge in [-0.1, -0.05) is 18.2 Å². The van der Waals surface area contributed by atoms with Crippen molar-refractivity contribution in [1.29, 1.82) is 0 Å². The SMILES string of the molecule is CCN(C)C(=O)Nc1cc(C)nc2ccccc12. The molecule has 0 aliphatic heterocycles. The Morgan fingerprint density at radius 1 is 1.39 bits per heavy atom. The lowest BCUT2D eigenvalue weighted by Gasteiger charge is -2.16. The fraction of sp³-hybridized carbons (Fsp3) is 0.286. The van der Waals surface area contributed by atoms with E-state index in [9.17, 15) is 4.79 Å². The summed E-state index contributed by atoms with van der Waals surface area (Å²) in [4.78, 5) is 18.0. The monoisotopic (exact) mass is 243 g/mol. The molecule has 0 atom stereocenters. The maximum absolute atomic E-state index is 11.9. The number of fused-ring (bicyclic) bond motifs is 1. The van der Waals surface area contributed by atoms with Crippen LogP contribution < -0.4 is 5.32 Å². The number of nitrogens with zero attached hydrogens (tertiary/aromatic N) is 2. The minimum absolute atomic E-state index is 0.103. The number of benzene rings is 1. The zero-order chi connectivity index (χ0) is 13.1. The van der Waals surface area contributed by atoms with Gasteiger partial charge in [0.1, 0.15) is 0 Å². The normalized spacial score (nSPS) is 10.4. The lowest BCUT2D eigenvalue weighted by molar-refractivity contribution is 0.224. The average molecular weight is 243 g/mol. The molecule has 1 aromatic heterocycles. The highest BCUT2D eigenvalue weighted by molar-refractivity contribution is 6.00. The van der Waals surface area contributed by atoms with Crippen LogP contribution in [0.4, 0.5) is 10.5 Å². The van der Waals surface area contributed by atoms with E-state index >= 15 is 0 Å². The number of urea groups is 1. The third-order valence-corrected chi connectivity index (χ3v) is 2.91. The molecule has 1 heterocycles. The van der Waals surface area contributed by atoms with Crippen molar-refractivity contribution < 1.29 is 4.79 Å². The number of anilines is 1. The minimum atomic E-state index is -0.103. The van der Waals surface area contributed by atoms with Crippen molar-refractivity contribution >= 4 is 22.6 Å². The third-order valence-electron chi connectivity index (χ3n) is 2.91. The zero-order valence-electron chi connectivity index (χ0n) is 10.9. The highest BCUT2D eigenvalue weighted by Crippen LogP contribution is 2.23. The molecule has 18 heavy (non-hydrogen) atoms. The Balaban J connectivity index is 2.41. The Labute approximate surface area is 107 Å². The fourth-order valence-electron chi connectivity index (χ4n) is 1.77. The van der Waals surface area contributed by atoms with Crippen LogP contribution in [0.2, 0.25) is 0 Å². The summed E-state index contributed by atoms with van der Waals surface area (Å²) in [5, 5.41) is 3.88. The molecule has 1 aromatic carbocycles. The lowest BCUT2D eigenvalue weighted by Crippen LogP contribution is -2.31. The number of hydrogen-bond acceptors (Lipinski definition) is 2. The second-order valence-electron chi connectivity index (χ2n) is 4.27. The molecule has 2 aromatic rings. The fourth-order valence-corrected chi connectivity index (χ4v) is 1.77. The lowest BCUT2D eigenvalue weighted by atomic mass is 10.1. The third kappa shape index (κ3) is 2.42. The molecule has 0 radical (unpaired) electrons. The molecule has 0 bridgehead atoms. The first-order chi connectivity index (χ1) is 8.61. The maximum Gasteiger partial charge on any atom is 0.321 e. The molecule has 0 spiro atoms. The van der Waals surface area contributed by atoms with Crippen LogP contribution >= 0.6 is 0 Å². The molecule has 0 saturated carbocycles. The molecule has 0 unspecified atom stereocenters. The van der Waals surface area contributed by atoms with Gasteiger partial charge in [-0.15, -0.1) is 0 Å². The second-order valence-corrected chi connectivity index (χ2v) is 4.27. The number of amides is 2. The Morgan fingerprint density at radius 2 is 2.11 bits per heavy atom. The first kappa shape index (κ1) is 12.4. The Kier molecular flexibility index (Phi) is 3.46. The van der Waals surface area contributed by atoms with Gasteiger partial charge in [0, 0.05) is 24.7 Å². The molecule has 0 aliphatic carbocycles. The van der Waals surface area contributed by atoms with Crippen molar-refractivity contribution in [2.45, 2.75) is 13.8 Å². The predicted octanol–water partition coefficient (Wildman–Crippen LogP) is 3.03. The Hall–Kier alpha value is -2.10. The van der Waals surface area contributed by atoms with Crippen molar-refractivity contribution in [3.05, 3.63) is 36.0 Å². The van der Waals surface area contributed by atoms with Crippen molar-refractivity contribution in [3.63, 3.8) is 0 Å². The number of nitrogens with one attached hydrogen (secondary N) is 1. The molecule has 2 amide bonds. The van der Waals surface area contributed by atoms with Crippen LogP contribution in [0, 0.1) is 6.92 Å². The molecule has 1 N–H and O–H groups in total. The number of hydrogen-bond donors (Lipinski definition) is 1. The molecular formula is C14H17N3O. The van der Waals surface area contributed by atoms with Gasteiger partial charge in [0.25, 0.3) is 0 Å². The summed E-state index contributed by atoms with van der Waals surface area (Å²) >= 11 is 0. The number of aromatic nitrogens is 1. The number of aryl methyl sites for hydroxylation is 1. The van der Waals surface area contributed by atoms with E-state index in [1.165, 1.54) is 0 Å². The van der Waals surface area contributed by atoms with E-state index in [2.05, 4.69) is 10.3 Å². The molecule has 0 aliphatic rings. The van der Waals surface area contributed by atoms with E-state index in [1.54, 1.807) is 11.9 Å². The van der Waals surface area contributed by atoms with Crippen LogP contribution in [0.3, 0.4) is 0 Å². The molecule has 4 nitrogen and oxygen atoms in total. The summed E-state index contributed by atoms with van der Waals surface area (Å²) in [6.45, 7) is 4.54. The van der Waals surface area contributed by atoms with Gasteiger partial charge in [0.2, 0.25) is 0 Å². The standard InChI is InChI=1S/C14H17N3O/c1-4-17(3)14(18)16-13-9-10(2)15-12-8-6-5-7-11(12)13/h5-9H,4H2,1-3H3,(H,15,16,18). The Bertz CT molecular complexity index is 580. The van der Waals surface area contributed by atoms with E-state index in [-0.39, 0.29) is 6.03 Å². The van der Waals surface area contributed by atoms with Crippen LogP contribution in [-0.2, 0) is 0 Å². The number of rotatable bonds is 2. The van der Waals surface area contributed by atoms with E-state index in [4.69, 9.17) is 0 Å². The number of para-hydroxylation sites is 1. The molecular weight excluding hydrogens is 226 g/mol. The van der Waals surface area contributed by atoms with Crippen molar-refractivity contribution in [1.82, 2.24) is 9.88 Å². The van der Waals surface area contributed by atoms with Crippen LogP contribution in [-0.4, -0.2) is 29.5 Å². The first-order valence-corrected chi connectivity index (χ1v) is 6.00. The van der Waals surface area contributed by atoms with E-state index < -0.39 is 0 Å². The summed E-state index contributed by atoms with van der Waals surface area (Å²) in [5.41, 5.74) is 2.60. The quantitative estimate of drug-likeness (QED) is 0.881. The molecule has 4 heteroatoms. The van der Waals surface area contributed by atoms with E-state index in [1.807, 2.05) is 44.2 Å². The van der Waals surface area contributed by atoms with Gasteiger partial charge in [-0.05, 0) is 26.0 Å². The smallest absolute Gasteiger partial charge is 0.321 e. The number of pyridine rings is 1. The van der Waals surface area contributed by atoms with Gasteiger partial charge < -0.3 is 10.2 Å². The average Bonchev–Trinajstić information content (AvgIpc) is 2.37. The van der Waals surface area contributed by atoms with Crippen molar-refractivity contribution in [3.8, 4) is 0 Å². The van der Waals surface area contributed by atoms with Crippen molar-refractivity contribution in [2.75, 3.05) is 18.9 Å². The predicted molar refractivity (Wildman–Crippen MR) is 73.8 cm³/mol. The summed E-state index contributed by atoms with van der Waals surface area (Å²) in [7, 11) is 1.77. The molecule has 2 rings (SSSR count). The highest BCUT2D eigenvalue weighted by atomic mass is 16.2. The van der Waals surface area contributed by atoms with Gasteiger partial charge in [-0.2, -0.15) is 0 Å². The van der Waals surface area contributed by atoms with Gasteiger partial charge in [0.05, 0.1) is 11.2 Å². The number of carbonyl (C=O) groups is 1. The van der Waals surface area contributed by atoms with Crippen molar-refractivity contribution in [2.24, 2.45) is 0 Å². The van der Waals surface area contributed by atoms with Gasteiger partial charge in [-0.25, -0.2) is 4.79 Å². The van der Waals surface area contributed by atoms with Crippen LogP contribution in [0.25, 0.3) is 10.9 Å². The summed E-state index contributed by atoms with van der Waals surface area (Å²) in [5.74, 6) is 0. The molecule has 94 valence electrons. The Morgan fingerprint density at radius 3 is 2.83 bits per heavy atom. The van der Waals surface area contributed by atoms with Crippen LogP contribution in [0.1, 0.15) is 12.6 Å². The minimum Gasteiger partial charge on any atom is -0.328 e. The number of carbonyl (C=O) groups excluding carboxylic acids is 1. The van der Waals surface area contributed by atoms with Gasteiger partial charge in [-0.3, -0.25) is 4.98 Å². The second kappa shape index (κ2) is 5.04. The first-order valence-electron chi connectivity index (χ1n) is 6.00.